The zero-order chi connectivity index (χ0) is 14.1. The van der Waals surface area contributed by atoms with Gasteiger partial charge in [0.1, 0.15) is 6.33 Å². The molecule has 4 heteroatoms. The Balaban J connectivity index is 1.56. The predicted molar refractivity (Wildman–Crippen MR) is 81.9 cm³/mol. The molecule has 0 unspecified atom stereocenters. The number of rotatable bonds is 2. The second-order valence-electron chi connectivity index (χ2n) is 5.68. The van der Waals surface area contributed by atoms with Crippen LogP contribution in [0.15, 0.2) is 48.9 Å². The minimum absolute atomic E-state index is 0.919. The van der Waals surface area contributed by atoms with Gasteiger partial charge in [0.05, 0.1) is 0 Å². The minimum atomic E-state index is 0.919. The molecule has 106 valence electrons. The third-order valence-electron chi connectivity index (χ3n) is 4.18. The van der Waals surface area contributed by atoms with Crippen LogP contribution in [0.4, 0.5) is 0 Å². The standard InChI is InChI=1S/C17H18N4/c1-2-5-16-12-20(8-3-6-15(16)4-1)11-14-7-9-21-17(10-14)18-13-19-21/h1-2,4-5,7,9-10,13H,3,6,8,11-12H2. The summed E-state index contributed by atoms with van der Waals surface area (Å²) in [6.07, 6.45) is 6.00. The van der Waals surface area contributed by atoms with E-state index >= 15 is 0 Å². The molecule has 0 amide bonds. The zero-order valence-corrected chi connectivity index (χ0v) is 11.9. The van der Waals surface area contributed by atoms with E-state index in [2.05, 4.69) is 51.4 Å². The lowest BCUT2D eigenvalue weighted by Crippen LogP contribution is -2.22. The molecule has 4 rings (SSSR count). The summed E-state index contributed by atoms with van der Waals surface area (Å²) in [5.41, 5.74) is 5.20. The van der Waals surface area contributed by atoms with Gasteiger partial charge in [0, 0.05) is 19.3 Å². The molecular weight excluding hydrogens is 260 g/mol. The van der Waals surface area contributed by atoms with E-state index in [0.717, 1.165) is 25.3 Å². The highest BCUT2D eigenvalue weighted by Crippen LogP contribution is 2.20. The van der Waals surface area contributed by atoms with Crippen LogP contribution in [0.25, 0.3) is 5.65 Å². The number of aryl methyl sites for hydroxylation is 1. The first-order chi connectivity index (χ1) is 10.4. The van der Waals surface area contributed by atoms with Crippen LogP contribution in [-0.2, 0) is 19.5 Å². The number of aromatic nitrogens is 3. The molecule has 0 fully saturated rings. The number of hydrogen-bond acceptors (Lipinski definition) is 3. The van der Waals surface area contributed by atoms with Crippen molar-refractivity contribution in [3.8, 4) is 0 Å². The largest absolute Gasteiger partial charge is 0.295 e. The topological polar surface area (TPSA) is 33.4 Å². The maximum absolute atomic E-state index is 4.26. The summed E-state index contributed by atoms with van der Waals surface area (Å²) in [5.74, 6) is 0. The van der Waals surface area contributed by atoms with Crippen molar-refractivity contribution < 1.29 is 0 Å². The van der Waals surface area contributed by atoms with Crippen molar-refractivity contribution in [3.63, 3.8) is 0 Å². The van der Waals surface area contributed by atoms with Gasteiger partial charge in [0.2, 0.25) is 0 Å². The fourth-order valence-electron chi connectivity index (χ4n) is 3.12. The smallest absolute Gasteiger partial charge is 0.155 e. The molecule has 0 aliphatic carbocycles. The maximum atomic E-state index is 4.26. The molecule has 1 aliphatic heterocycles. The number of fused-ring (bicyclic) bond motifs is 2. The van der Waals surface area contributed by atoms with E-state index in [4.69, 9.17) is 0 Å². The van der Waals surface area contributed by atoms with E-state index in [1.54, 1.807) is 10.8 Å². The van der Waals surface area contributed by atoms with Gasteiger partial charge < -0.3 is 0 Å². The fraction of sp³-hybridized carbons (Fsp3) is 0.294. The van der Waals surface area contributed by atoms with Crippen LogP contribution in [0.2, 0.25) is 0 Å². The average molecular weight is 278 g/mol. The highest BCUT2D eigenvalue weighted by molar-refractivity contribution is 5.39. The molecule has 0 saturated heterocycles. The van der Waals surface area contributed by atoms with Gasteiger partial charge in [0.25, 0.3) is 0 Å². The fourth-order valence-corrected chi connectivity index (χ4v) is 3.12. The van der Waals surface area contributed by atoms with Crippen LogP contribution in [0.3, 0.4) is 0 Å². The number of nitrogens with zero attached hydrogens (tertiary/aromatic N) is 4. The van der Waals surface area contributed by atoms with Gasteiger partial charge in [0.15, 0.2) is 5.65 Å². The third kappa shape index (κ3) is 2.54. The van der Waals surface area contributed by atoms with E-state index in [-0.39, 0.29) is 0 Å². The lowest BCUT2D eigenvalue weighted by molar-refractivity contribution is 0.261. The van der Waals surface area contributed by atoms with Gasteiger partial charge in [-0.05, 0) is 48.2 Å². The first-order valence-electron chi connectivity index (χ1n) is 7.46. The SMILES string of the molecule is c1ccc2c(c1)CCCN(Cc1ccn3ncnc3c1)C2. The van der Waals surface area contributed by atoms with Crippen LogP contribution >= 0.6 is 0 Å². The highest BCUT2D eigenvalue weighted by atomic mass is 15.3. The summed E-state index contributed by atoms with van der Waals surface area (Å²) in [6.45, 7) is 3.15. The Morgan fingerprint density at radius 2 is 2.00 bits per heavy atom. The predicted octanol–water partition coefficient (Wildman–Crippen LogP) is 2.68. The summed E-state index contributed by atoms with van der Waals surface area (Å²) in [7, 11) is 0. The van der Waals surface area contributed by atoms with Crippen molar-refractivity contribution in [2.24, 2.45) is 0 Å². The molecule has 0 radical (unpaired) electrons. The van der Waals surface area contributed by atoms with Crippen LogP contribution in [0, 0.1) is 0 Å². The van der Waals surface area contributed by atoms with Gasteiger partial charge in [-0.15, -0.1) is 0 Å². The molecule has 4 nitrogen and oxygen atoms in total. The van der Waals surface area contributed by atoms with Crippen LogP contribution in [-0.4, -0.2) is 26.0 Å². The third-order valence-corrected chi connectivity index (χ3v) is 4.18. The van der Waals surface area contributed by atoms with Gasteiger partial charge in [-0.25, -0.2) is 9.50 Å². The molecule has 3 aromatic rings. The van der Waals surface area contributed by atoms with Crippen molar-refractivity contribution in [1.82, 2.24) is 19.5 Å². The summed E-state index contributed by atoms with van der Waals surface area (Å²) in [4.78, 5) is 6.78. The van der Waals surface area contributed by atoms with Gasteiger partial charge in [-0.2, -0.15) is 5.10 Å². The van der Waals surface area contributed by atoms with E-state index < -0.39 is 0 Å². The second kappa shape index (κ2) is 5.30. The molecule has 2 aromatic heterocycles. The molecule has 0 saturated carbocycles. The Hall–Kier alpha value is -2.20. The Bertz CT molecular complexity index is 762. The lowest BCUT2D eigenvalue weighted by Gasteiger charge is -2.20. The quantitative estimate of drug-likeness (QED) is 0.722. The Morgan fingerprint density at radius 1 is 1.10 bits per heavy atom. The molecule has 1 aliphatic rings. The van der Waals surface area contributed by atoms with E-state index in [0.29, 0.717) is 0 Å². The van der Waals surface area contributed by atoms with Crippen LogP contribution < -0.4 is 0 Å². The molecule has 0 N–H and O–H groups in total. The number of pyridine rings is 1. The molecule has 21 heavy (non-hydrogen) atoms. The molecule has 1 aromatic carbocycles. The summed E-state index contributed by atoms with van der Waals surface area (Å²) < 4.78 is 1.81. The van der Waals surface area contributed by atoms with Crippen molar-refractivity contribution in [1.29, 1.82) is 0 Å². The lowest BCUT2D eigenvalue weighted by atomic mass is 10.0. The Labute approximate surface area is 124 Å². The van der Waals surface area contributed by atoms with Gasteiger partial charge >= 0.3 is 0 Å². The first-order valence-corrected chi connectivity index (χ1v) is 7.46. The molecular formula is C17H18N4. The maximum Gasteiger partial charge on any atom is 0.155 e. The second-order valence-corrected chi connectivity index (χ2v) is 5.68. The van der Waals surface area contributed by atoms with Crippen LogP contribution in [0.5, 0.6) is 0 Å². The number of hydrogen-bond donors (Lipinski definition) is 0. The van der Waals surface area contributed by atoms with Gasteiger partial charge in [-0.3, -0.25) is 4.90 Å². The van der Waals surface area contributed by atoms with Crippen molar-refractivity contribution in [2.45, 2.75) is 25.9 Å². The van der Waals surface area contributed by atoms with Crippen molar-refractivity contribution in [2.75, 3.05) is 6.54 Å². The van der Waals surface area contributed by atoms with E-state index in [9.17, 15) is 0 Å². The van der Waals surface area contributed by atoms with Gasteiger partial charge in [-0.1, -0.05) is 24.3 Å². The summed E-state index contributed by atoms with van der Waals surface area (Å²) >= 11 is 0. The molecule has 0 spiro atoms. The number of benzene rings is 1. The van der Waals surface area contributed by atoms with Crippen LogP contribution in [0.1, 0.15) is 23.1 Å². The normalized spacial score (nSPS) is 15.8. The van der Waals surface area contributed by atoms with Crippen molar-refractivity contribution in [3.05, 3.63) is 65.6 Å². The molecule has 0 atom stereocenters. The first kappa shape index (κ1) is 12.5. The molecule has 3 heterocycles. The Kier molecular flexibility index (Phi) is 3.16. The summed E-state index contributed by atoms with van der Waals surface area (Å²) in [5, 5.41) is 4.14. The Morgan fingerprint density at radius 3 is 2.95 bits per heavy atom. The molecule has 0 bridgehead atoms. The van der Waals surface area contributed by atoms with Crippen molar-refractivity contribution >= 4 is 5.65 Å². The highest BCUT2D eigenvalue weighted by Gasteiger charge is 2.14. The monoisotopic (exact) mass is 278 g/mol. The average Bonchev–Trinajstić information content (AvgIpc) is 2.87. The van der Waals surface area contributed by atoms with E-state index in [1.807, 2.05) is 6.20 Å². The zero-order valence-electron chi connectivity index (χ0n) is 11.9. The minimum Gasteiger partial charge on any atom is -0.295 e. The van der Waals surface area contributed by atoms with E-state index in [1.165, 1.54) is 29.5 Å². The summed E-state index contributed by atoms with van der Waals surface area (Å²) in [6, 6.07) is 13.1.